The third kappa shape index (κ3) is 11.2. The number of rotatable bonds is 15. The lowest BCUT2D eigenvalue weighted by molar-refractivity contribution is -0.142. The first-order chi connectivity index (χ1) is 14.4. The maximum Gasteiger partial charge on any atom is 0.328 e. The molecule has 0 heterocycles. The molecule has 3 amide bonds. The van der Waals surface area contributed by atoms with E-state index in [9.17, 15) is 33.9 Å². The summed E-state index contributed by atoms with van der Waals surface area (Å²) in [7, 11) is 5.17. The molecule has 0 saturated carbocycles. The lowest BCUT2D eigenvalue weighted by atomic mass is 10.1. The zero-order chi connectivity index (χ0) is 24.1. The number of aliphatic carboxylic acids is 3. The van der Waals surface area contributed by atoms with E-state index in [1.165, 1.54) is 0 Å². The Balaban J connectivity index is 4.89. The standard InChI is InChI=1S/C15H24BN5O9S/c16-21-6(1-2-10(22)23)13(27)20-8(15(29)30)5-18-12(26)7(4-17)19-14(28)9(31)3-11(24)25/h6-9,21,31H,1-5,17H2,(H,18,26)(H,19,28)(H,20,27)(H,22,23)(H,24,25)(H,29,30)/t6-,7-,8-,9?/m0/s1. The number of carbonyl (C=O) groups is 6. The first-order valence-electron chi connectivity index (χ1n) is 8.82. The number of carboxylic acids is 3. The van der Waals surface area contributed by atoms with Gasteiger partial charge < -0.3 is 42.2 Å². The molecule has 14 nitrogen and oxygen atoms in total. The lowest BCUT2D eigenvalue weighted by Crippen LogP contribution is -2.57. The molecule has 0 spiro atoms. The van der Waals surface area contributed by atoms with E-state index in [1.807, 2.05) is 0 Å². The number of hydrogen-bond acceptors (Lipinski definition) is 9. The maximum atomic E-state index is 12.2. The zero-order valence-corrected chi connectivity index (χ0v) is 17.1. The summed E-state index contributed by atoms with van der Waals surface area (Å²) in [5.41, 5.74) is 5.41. The summed E-state index contributed by atoms with van der Waals surface area (Å²) >= 11 is 3.81. The molecule has 0 aliphatic heterocycles. The molecule has 16 heteroatoms. The van der Waals surface area contributed by atoms with Crippen LogP contribution in [0.3, 0.4) is 0 Å². The monoisotopic (exact) mass is 461 g/mol. The van der Waals surface area contributed by atoms with Crippen molar-refractivity contribution in [2.75, 3.05) is 13.1 Å². The molecule has 0 fully saturated rings. The molecule has 0 aromatic rings. The van der Waals surface area contributed by atoms with Crippen molar-refractivity contribution in [1.82, 2.24) is 21.2 Å². The van der Waals surface area contributed by atoms with Crippen LogP contribution in [-0.4, -0.2) is 95.4 Å². The molecule has 0 aromatic heterocycles. The summed E-state index contributed by atoms with van der Waals surface area (Å²) < 4.78 is 0. The molecule has 0 rings (SSSR count). The number of nitrogens with two attached hydrogens (primary N) is 1. The highest BCUT2D eigenvalue weighted by Crippen LogP contribution is 2.02. The molecule has 0 aliphatic rings. The minimum Gasteiger partial charge on any atom is -0.481 e. The third-order valence-corrected chi connectivity index (χ3v) is 4.22. The summed E-state index contributed by atoms with van der Waals surface area (Å²) in [6.07, 6.45) is -1.21. The number of thiol groups is 1. The number of carbonyl (C=O) groups excluding carboxylic acids is 3. The first kappa shape index (κ1) is 28.2. The second-order valence-electron chi connectivity index (χ2n) is 6.21. The highest BCUT2D eigenvalue weighted by Gasteiger charge is 2.28. The van der Waals surface area contributed by atoms with Gasteiger partial charge in [0.05, 0.1) is 17.7 Å². The van der Waals surface area contributed by atoms with Gasteiger partial charge in [0.25, 0.3) is 0 Å². The summed E-state index contributed by atoms with van der Waals surface area (Å²) in [5, 5.41) is 33.9. The second-order valence-corrected chi connectivity index (χ2v) is 6.83. The van der Waals surface area contributed by atoms with Crippen LogP contribution in [0.1, 0.15) is 19.3 Å². The highest BCUT2D eigenvalue weighted by atomic mass is 32.1. The minimum absolute atomic E-state index is 0.209. The van der Waals surface area contributed by atoms with Gasteiger partial charge in [-0.1, -0.05) is 0 Å². The molecular formula is C15H24BN5O9S. The van der Waals surface area contributed by atoms with Gasteiger partial charge in [0, 0.05) is 19.5 Å². The van der Waals surface area contributed by atoms with Crippen LogP contribution in [0, 0.1) is 0 Å². The van der Waals surface area contributed by atoms with Gasteiger partial charge in [-0.15, -0.1) is 0 Å². The van der Waals surface area contributed by atoms with E-state index in [0.717, 1.165) is 0 Å². The number of hydrogen-bond donors (Lipinski definition) is 9. The van der Waals surface area contributed by atoms with Crippen LogP contribution in [0.25, 0.3) is 0 Å². The average Bonchev–Trinajstić information content (AvgIpc) is 2.68. The fourth-order valence-corrected chi connectivity index (χ4v) is 2.34. The molecule has 4 atom stereocenters. The van der Waals surface area contributed by atoms with Gasteiger partial charge in [-0.2, -0.15) is 12.6 Å². The SMILES string of the molecule is [B]N[C@@H](CCC(=O)O)C(=O)N[C@@H](CNC(=O)[C@H](CN)NC(=O)C(S)CC(=O)O)C(=O)O. The number of carboxylic acid groups (broad SMARTS) is 3. The van der Waals surface area contributed by atoms with Crippen molar-refractivity contribution in [3.8, 4) is 0 Å². The summed E-state index contributed by atoms with van der Waals surface area (Å²) in [5.74, 6) is -6.62. The van der Waals surface area contributed by atoms with Crippen molar-refractivity contribution in [3.63, 3.8) is 0 Å². The van der Waals surface area contributed by atoms with E-state index in [2.05, 4.69) is 33.8 Å². The maximum absolute atomic E-state index is 12.2. The molecule has 0 aliphatic carbocycles. The van der Waals surface area contributed by atoms with Gasteiger partial charge in [-0.05, 0) is 6.42 Å². The Morgan fingerprint density at radius 1 is 0.871 bits per heavy atom. The van der Waals surface area contributed by atoms with Crippen molar-refractivity contribution >= 4 is 56.2 Å². The van der Waals surface area contributed by atoms with Crippen molar-refractivity contribution < 1.29 is 44.1 Å². The quantitative estimate of drug-likeness (QED) is 0.0837. The topological polar surface area (TPSA) is 237 Å². The van der Waals surface area contributed by atoms with E-state index in [4.69, 9.17) is 23.9 Å². The van der Waals surface area contributed by atoms with Crippen LogP contribution < -0.4 is 26.9 Å². The van der Waals surface area contributed by atoms with Crippen LogP contribution in [0.5, 0.6) is 0 Å². The number of nitrogens with one attached hydrogen (secondary N) is 4. The molecule has 31 heavy (non-hydrogen) atoms. The fourth-order valence-electron chi connectivity index (χ4n) is 2.11. The Labute approximate surface area is 183 Å². The molecular weight excluding hydrogens is 437 g/mol. The third-order valence-electron chi connectivity index (χ3n) is 3.80. The van der Waals surface area contributed by atoms with Gasteiger partial charge in [0.15, 0.2) is 7.98 Å². The second kappa shape index (κ2) is 14.2. The Bertz CT molecular complexity index is 696. The van der Waals surface area contributed by atoms with Crippen LogP contribution in [0.15, 0.2) is 0 Å². The molecule has 9 N–H and O–H groups in total. The normalized spacial score (nSPS) is 14.4. The van der Waals surface area contributed by atoms with Crippen molar-refractivity contribution in [1.29, 1.82) is 0 Å². The molecule has 0 saturated heterocycles. The highest BCUT2D eigenvalue weighted by molar-refractivity contribution is 7.81. The minimum atomic E-state index is -1.60. The Morgan fingerprint density at radius 3 is 1.90 bits per heavy atom. The van der Waals surface area contributed by atoms with E-state index >= 15 is 0 Å². The van der Waals surface area contributed by atoms with Crippen molar-refractivity contribution in [2.24, 2.45) is 5.73 Å². The Kier molecular flexibility index (Phi) is 12.9. The van der Waals surface area contributed by atoms with Crippen LogP contribution in [-0.2, 0) is 28.8 Å². The van der Waals surface area contributed by atoms with Crippen LogP contribution >= 0.6 is 12.6 Å². The van der Waals surface area contributed by atoms with E-state index in [-0.39, 0.29) is 13.0 Å². The molecule has 1 unspecified atom stereocenters. The fraction of sp³-hybridized carbons (Fsp3) is 0.600. The first-order valence-corrected chi connectivity index (χ1v) is 9.33. The van der Waals surface area contributed by atoms with Gasteiger partial charge in [-0.25, -0.2) is 4.79 Å². The lowest BCUT2D eigenvalue weighted by Gasteiger charge is -2.22. The summed E-state index contributed by atoms with van der Waals surface area (Å²) in [4.78, 5) is 68.7. The number of amides is 3. The largest absolute Gasteiger partial charge is 0.481 e. The van der Waals surface area contributed by atoms with E-state index in [0.29, 0.717) is 0 Å². The average molecular weight is 461 g/mol. The van der Waals surface area contributed by atoms with Crippen molar-refractivity contribution in [2.45, 2.75) is 42.6 Å². The van der Waals surface area contributed by atoms with Gasteiger partial charge >= 0.3 is 17.9 Å². The van der Waals surface area contributed by atoms with Gasteiger partial charge in [0.1, 0.15) is 12.1 Å². The predicted molar refractivity (Wildman–Crippen MR) is 108 cm³/mol. The molecule has 2 radical (unpaired) electrons. The van der Waals surface area contributed by atoms with E-state index in [1.54, 1.807) is 0 Å². The van der Waals surface area contributed by atoms with Crippen LogP contribution in [0.4, 0.5) is 0 Å². The predicted octanol–water partition coefficient (Wildman–Crippen LogP) is -4.20. The summed E-state index contributed by atoms with van der Waals surface area (Å²) in [6, 6.07) is -4.10. The van der Waals surface area contributed by atoms with Gasteiger partial charge in [-0.3, -0.25) is 24.0 Å². The summed E-state index contributed by atoms with van der Waals surface area (Å²) in [6.45, 7) is -0.981. The van der Waals surface area contributed by atoms with Gasteiger partial charge in [0.2, 0.25) is 17.7 Å². The van der Waals surface area contributed by atoms with E-state index < -0.39 is 78.4 Å². The van der Waals surface area contributed by atoms with Crippen LogP contribution in [0.2, 0.25) is 0 Å². The Morgan fingerprint density at radius 2 is 1.45 bits per heavy atom. The molecule has 172 valence electrons. The van der Waals surface area contributed by atoms with Crippen molar-refractivity contribution in [3.05, 3.63) is 0 Å². The Hall–Kier alpha value is -2.85. The molecule has 0 aromatic carbocycles. The smallest absolute Gasteiger partial charge is 0.328 e. The molecule has 0 bridgehead atoms. The zero-order valence-electron chi connectivity index (χ0n) is 16.2.